The lowest BCUT2D eigenvalue weighted by molar-refractivity contribution is -0.118. The monoisotopic (exact) mass is 408 g/mol. The van der Waals surface area contributed by atoms with Crippen molar-refractivity contribution in [3.63, 3.8) is 0 Å². The first kappa shape index (κ1) is 20.3. The highest BCUT2D eigenvalue weighted by atomic mass is 16.5. The number of fused-ring (bicyclic) bond motifs is 1. The summed E-state index contributed by atoms with van der Waals surface area (Å²) in [4.78, 5) is 26.9. The Balaban J connectivity index is 1.32. The number of ether oxygens (including phenoxy) is 2. The number of carbonyl (C=O) groups excluding carboxylic acids is 2. The molecule has 6 heteroatoms. The van der Waals surface area contributed by atoms with Crippen molar-refractivity contribution in [2.45, 2.75) is 45.1 Å². The highest BCUT2D eigenvalue weighted by Gasteiger charge is 2.32. The van der Waals surface area contributed by atoms with E-state index in [-0.39, 0.29) is 18.3 Å². The lowest BCUT2D eigenvalue weighted by Crippen LogP contribution is -2.35. The lowest BCUT2D eigenvalue weighted by Gasteiger charge is -2.31. The maximum atomic E-state index is 12.3. The van der Waals surface area contributed by atoms with E-state index in [0.717, 1.165) is 18.8 Å². The summed E-state index contributed by atoms with van der Waals surface area (Å²) < 4.78 is 11.5. The van der Waals surface area contributed by atoms with Crippen molar-refractivity contribution < 1.29 is 19.1 Å². The number of hydrogen-bond acceptors (Lipinski definition) is 5. The molecule has 1 saturated heterocycles. The molecule has 2 aromatic carbocycles. The fraction of sp³-hybridized carbons (Fsp3) is 0.417. The average molecular weight is 408 g/mol. The van der Waals surface area contributed by atoms with Gasteiger partial charge in [0.1, 0.15) is 17.1 Å². The minimum atomic E-state index is -0.541. The van der Waals surface area contributed by atoms with Gasteiger partial charge in [0.25, 0.3) is 5.91 Å². The second-order valence-corrected chi connectivity index (χ2v) is 8.55. The highest BCUT2D eigenvalue weighted by molar-refractivity contribution is 6.00. The molecule has 0 saturated carbocycles. The molecular formula is C24H28N2O4. The van der Waals surface area contributed by atoms with Gasteiger partial charge in [-0.15, -0.1) is 0 Å². The minimum absolute atomic E-state index is 0.0542. The normalized spacial score (nSPS) is 17.7. The Kier molecular flexibility index (Phi) is 5.66. The molecule has 0 unspecified atom stereocenters. The molecule has 1 N–H and O–H groups in total. The molecule has 2 aliphatic rings. The van der Waals surface area contributed by atoms with Crippen LogP contribution in [0.25, 0.3) is 0 Å². The Morgan fingerprint density at radius 1 is 1.10 bits per heavy atom. The van der Waals surface area contributed by atoms with Crippen LogP contribution in [0.1, 0.15) is 49.9 Å². The third-order valence-electron chi connectivity index (χ3n) is 5.47. The quantitative estimate of drug-likeness (QED) is 0.792. The van der Waals surface area contributed by atoms with Crippen LogP contribution in [0.2, 0.25) is 0 Å². The van der Waals surface area contributed by atoms with Crippen molar-refractivity contribution in [2.75, 3.05) is 29.9 Å². The molecular weight excluding hydrogens is 380 g/mol. The zero-order valence-electron chi connectivity index (χ0n) is 17.6. The smallest absolute Gasteiger partial charge is 0.262 e. The van der Waals surface area contributed by atoms with Gasteiger partial charge in [-0.1, -0.05) is 0 Å². The number of carbonyl (C=O) groups is 2. The number of Topliss-reactive ketones (excluding diaryl/α,β-unsaturated/α-hetero) is 1. The topological polar surface area (TPSA) is 67.9 Å². The van der Waals surface area contributed by atoms with Gasteiger partial charge in [0.15, 0.2) is 12.4 Å². The van der Waals surface area contributed by atoms with Crippen LogP contribution in [-0.2, 0) is 4.79 Å². The first-order chi connectivity index (χ1) is 14.4. The van der Waals surface area contributed by atoms with Gasteiger partial charge in [-0.3, -0.25) is 9.59 Å². The molecule has 6 nitrogen and oxygen atoms in total. The maximum absolute atomic E-state index is 12.3. The summed E-state index contributed by atoms with van der Waals surface area (Å²) >= 11 is 0. The third-order valence-corrected chi connectivity index (χ3v) is 5.47. The van der Waals surface area contributed by atoms with E-state index < -0.39 is 5.60 Å². The predicted molar refractivity (Wildman–Crippen MR) is 117 cm³/mol. The van der Waals surface area contributed by atoms with Crippen LogP contribution in [0.5, 0.6) is 11.5 Å². The fourth-order valence-electron chi connectivity index (χ4n) is 3.98. The number of benzene rings is 2. The fourth-order valence-corrected chi connectivity index (χ4v) is 3.98. The van der Waals surface area contributed by atoms with E-state index in [9.17, 15) is 9.59 Å². The molecule has 0 atom stereocenters. The molecule has 2 aromatic rings. The average Bonchev–Trinajstić information content (AvgIpc) is 2.72. The lowest BCUT2D eigenvalue weighted by atomic mass is 9.93. The highest BCUT2D eigenvalue weighted by Crippen LogP contribution is 2.35. The largest absolute Gasteiger partial charge is 0.486 e. The molecule has 1 amide bonds. The molecule has 158 valence electrons. The van der Waals surface area contributed by atoms with Gasteiger partial charge >= 0.3 is 0 Å². The number of ketones is 1. The molecule has 4 rings (SSSR count). The van der Waals surface area contributed by atoms with E-state index >= 15 is 0 Å². The van der Waals surface area contributed by atoms with Crippen molar-refractivity contribution in [3.05, 3.63) is 48.0 Å². The number of nitrogens with zero attached hydrogens (tertiary/aromatic N) is 1. The molecule has 1 fully saturated rings. The molecule has 30 heavy (non-hydrogen) atoms. The first-order valence-corrected chi connectivity index (χ1v) is 10.5. The van der Waals surface area contributed by atoms with Crippen LogP contribution in [-0.4, -0.2) is 37.0 Å². The number of piperidine rings is 1. The molecule has 2 heterocycles. The molecule has 0 spiro atoms. The van der Waals surface area contributed by atoms with Crippen LogP contribution in [0, 0.1) is 0 Å². The summed E-state index contributed by atoms with van der Waals surface area (Å²) in [7, 11) is 0. The summed E-state index contributed by atoms with van der Waals surface area (Å²) in [5.41, 5.74) is 1.95. The predicted octanol–water partition coefficient (Wildman–Crippen LogP) is 4.44. The minimum Gasteiger partial charge on any atom is -0.486 e. The Hall–Kier alpha value is -3.02. The van der Waals surface area contributed by atoms with Crippen molar-refractivity contribution in [1.82, 2.24) is 0 Å². The molecule has 0 aromatic heterocycles. The Bertz CT molecular complexity index is 931. The van der Waals surface area contributed by atoms with Crippen LogP contribution in [0.15, 0.2) is 42.5 Å². The number of amides is 1. The molecule has 0 bridgehead atoms. The van der Waals surface area contributed by atoms with Crippen molar-refractivity contribution in [3.8, 4) is 11.5 Å². The van der Waals surface area contributed by atoms with E-state index in [1.165, 1.54) is 24.9 Å². The van der Waals surface area contributed by atoms with E-state index in [0.29, 0.717) is 23.5 Å². The van der Waals surface area contributed by atoms with Gasteiger partial charge in [0, 0.05) is 30.5 Å². The van der Waals surface area contributed by atoms with Crippen molar-refractivity contribution in [1.29, 1.82) is 0 Å². The van der Waals surface area contributed by atoms with Crippen molar-refractivity contribution in [2.24, 2.45) is 0 Å². The second kappa shape index (κ2) is 8.38. The summed E-state index contributed by atoms with van der Waals surface area (Å²) in [6, 6.07) is 13.0. The summed E-state index contributed by atoms with van der Waals surface area (Å²) in [5, 5.41) is 2.86. The molecule has 2 aliphatic heterocycles. The van der Waals surface area contributed by atoms with Gasteiger partial charge in [0.05, 0.1) is 12.0 Å². The Labute approximate surface area is 177 Å². The standard InChI is InChI=1S/C24H28N2O4/c1-24(2)15-21(27)20-11-10-19(14-22(20)30-24)29-16-23(28)25-17-6-8-18(9-7-17)26-12-4-3-5-13-26/h6-11,14H,3-5,12-13,15-16H2,1-2H3,(H,25,28). The van der Waals surface area contributed by atoms with E-state index in [1.54, 1.807) is 18.2 Å². The number of rotatable bonds is 5. The van der Waals surface area contributed by atoms with Gasteiger partial charge in [-0.05, 0) is 69.5 Å². The van der Waals surface area contributed by atoms with E-state index in [4.69, 9.17) is 9.47 Å². The van der Waals surface area contributed by atoms with Gasteiger partial charge in [-0.2, -0.15) is 0 Å². The summed E-state index contributed by atoms with van der Waals surface area (Å²) in [6.45, 7) is 5.82. The van der Waals surface area contributed by atoms with Gasteiger partial charge in [-0.25, -0.2) is 0 Å². The van der Waals surface area contributed by atoms with Crippen molar-refractivity contribution >= 4 is 23.1 Å². The molecule has 0 radical (unpaired) electrons. The summed E-state index contributed by atoms with van der Waals surface area (Å²) in [6.07, 6.45) is 4.11. The second-order valence-electron chi connectivity index (χ2n) is 8.55. The number of nitrogens with one attached hydrogen (secondary N) is 1. The van der Waals surface area contributed by atoms with Crippen LogP contribution >= 0.6 is 0 Å². The van der Waals surface area contributed by atoms with Gasteiger partial charge < -0.3 is 19.7 Å². The Morgan fingerprint density at radius 3 is 2.57 bits per heavy atom. The van der Waals surface area contributed by atoms with Crippen LogP contribution < -0.4 is 19.7 Å². The van der Waals surface area contributed by atoms with Crippen LogP contribution in [0.3, 0.4) is 0 Å². The van der Waals surface area contributed by atoms with Gasteiger partial charge in [0.2, 0.25) is 0 Å². The first-order valence-electron chi connectivity index (χ1n) is 10.5. The zero-order chi connectivity index (χ0) is 21.1. The Morgan fingerprint density at radius 2 is 1.83 bits per heavy atom. The zero-order valence-corrected chi connectivity index (χ0v) is 17.6. The van der Waals surface area contributed by atoms with E-state index in [2.05, 4.69) is 10.2 Å². The van der Waals surface area contributed by atoms with E-state index in [1.807, 2.05) is 38.1 Å². The number of hydrogen-bond donors (Lipinski definition) is 1. The van der Waals surface area contributed by atoms with Crippen LogP contribution in [0.4, 0.5) is 11.4 Å². The summed E-state index contributed by atoms with van der Waals surface area (Å²) in [5.74, 6) is 0.812. The third kappa shape index (κ3) is 4.75. The number of anilines is 2. The SMILES string of the molecule is CC1(C)CC(=O)c2ccc(OCC(=O)Nc3ccc(N4CCCCC4)cc3)cc2O1. The molecule has 0 aliphatic carbocycles. The maximum Gasteiger partial charge on any atom is 0.262 e.